The molecule has 0 atom stereocenters. The van der Waals surface area contributed by atoms with E-state index in [1.165, 1.54) is 54.4 Å². The first-order chi connectivity index (χ1) is 27.8. The molecule has 0 unspecified atom stereocenters. The first kappa shape index (κ1) is 28.9. The predicted molar refractivity (Wildman–Crippen MR) is 232 cm³/mol. The maximum Gasteiger partial charge on any atom is 0.136 e. The molecule has 10 aromatic carbocycles. The fourth-order valence-corrected chi connectivity index (χ4v) is 10.1. The summed E-state index contributed by atoms with van der Waals surface area (Å²) in [6.07, 6.45) is 0. The summed E-state index contributed by atoms with van der Waals surface area (Å²) >= 11 is 0. The average molecular weight is 713 g/mol. The van der Waals surface area contributed by atoms with E-state index in [1.54, 1.807) is 0 Å². The molecule has 2 aliphatic heterocycles. The summed E-state index contributed by atoms with van der Waals surface area (Å²) in [5.41, 5.74) is 12.7. The minimum Gasteiger partial charge on any atom is -0.456 e. The summed E-state index contributed by atoms with van der Waals surface area (Å²) in [6, 6.07) is 61.5. The van der Waals surface area contributed by atoms with Crippen LogP contribution in [0, 0.1) is 0 Å². The smallest absolute Gasteiger partial charge is 0.136 e. The van der Waals surface area contributed by atoms with Gasteiger partial charge in [0.15, 0.2) is 0 Å². The van der Waals surface area contributed by atoms with E-state index in [4.69, 9.17) is 8.83 Å². The van der Waals surface area contributed by atoms with Gasteiger partial charge in [-0.1, -0.05) is 84.9 Å². The molecule has 14 rings (SSSR count). The zero-order valence-corrected chi connectivity index (χ0v) is 29.9. The lowest BCUT2D eigenvalue weighted by molar-refractivity contribution is 0.647. The second-order valence-corrected chi connectivity index (χ2v) is 15.2. The van der Waals surface area contributed by atoms with Gasteiger partial charge < -0.3 is 18.0 Å². The maximum atomic E-state index is 6.89. The monoisotopic (exact) mass is 712 g/mol. The normalized spacial score (nSPS) is 12.6. The Bertz CT molecular complexity index is 3580. The maximum absolute atomic E-state index is 6.89. The van der Waals surface area contributed by atoms with E-state index in [-0.39, 0.29) is 0 Å². The Morgan fingerprint density at radius 3 is 1.05 bits per heavy atom. The third kappa shape index (κ3) is 3.55. The number of fused-ring (bicyclic) bond motifs is 10. The SMILES string of the molecule is c1ccc2c(c1)c1ccccc1n2-c1ccc2cc3oc4ccc5c6cc(-n7c8ccccc8c8ccccc87)ccc6cc6oc7ccc(c2c1)c3c7-c4c65. The van der Waals surface area contributed by atoms with Crippen molar-refractivity contribution in [2.45, 2.75) is 0 Å². The number of benzene rings is 10. The van der Waals surface area contributed by atoms with Crippen LogP contribution in [0.25, 0.3) is 132 Å². The molecule has 258 valence electrons. The van der Waals surface area contributed by atoms with Gasteiger partial charge in [0, 0.05) is 54.8 Å². The van der Waals surface area contributed by atoms with Gasteiger partial charge >= 0.3 is 0 Å². The van der Waals surface area contributed by atoms with Gasteiger partial charge in [0.25, 0.3) is 0 Å². The molecular weight excluding hydrogens is 685 g/mol. The first-order valence-corrected chi connectivity index (χ1v) is 19.2. The second kappa shape index (κ2) is 10.1. The summed E-state index contributed by atoms with van der Waals surface area (Å²) in [5, 5.41) is 14.2. The quantitative estimate of drug-likeness (QED) is 0.132. The van der Waals surface area contributed by atoms with Crippen LogP contribution < -0.4 is 0 Å². The van der Waals surface area contributed by atoms with E-state index in [0.717, 1.165) is 77.2 Å². The van der Waals surface area contributed by atoms with Crippen molar-refractivity contribution in [3.05, 3.63) is 170 Å². The zero-order chi connectivity index (χ0) is 36.2. The molecule has 0 bridgehead atoms. The van der Waals surface area contributed by atoms with Crippen LogP contribution in [0.4, 0.5) is 0 Å². The Hall–Kier alpha value is -7.56. The average Bonchev–Trinajstić information content (AvgIpc) is 3.77. The van der Waals surface area contributed by atoms with Crippen molar-refractivity contribution in [1.29, 1.82) is 0 Å². The highest BCUT2D eigenvalue weighted by atomic mass is 16.3. The van der Waals surface area contributed by atoms with E-state index < -0.39 is 0 Å². The Balaban J connectivity index is 1.04. The highest BCUT2D eigenvalue weighted by Gasteiger charge is 2.26. The summed E-state index contributed by atoms with van der Waals surface area (Å²) in [7, 11) is 0. The molecular formula is C52H28N2O2. The number of para-hydroxylation sites is 4. The van der Waals surface area contributed by atoms with E-state index in [0.29, 0.717) is 0 Å². The molecule has 0 saturated heterocycles. The molecule has 0 aliphatic carbocycles. The molecule has 0 fully saturated rings. The van der Waals surface area contributed by atoms with Crippen LogP contribution in [-0.4, -0.2) is 9.13 Å². The van der Waals surface area contributed by atoms with Crippen LogP contribution in [0.2, 0.25) is 0 Å². The second-order valence-electron chi connectivity index (χ2n) is 15.2. The Labute approximate surface area is 318 Å². The van der Waals surface area contributed by atoms with Gasteiger partial charge in [0.1, 0.15) is 22.3 Å². The van der Waals surface area contributed by atoms with E-state index in [1.807, 2.05) is 0 Å². The molecule has 0 amide bonds. The van der Waals surface area contributed by atoms with Gasteiger partial charge in [0.05, 0.1) is 22.1 Å². The molecule has 2 aromatic heterocycles. The molecule has 4 heteroatoms. The third-order valence-electron chi connectivity index (χ3n) is 12.4. The number of hydrogen-bond donors (Lipinski definition) is 0. The highest BCUT2D eigenvalue weighted by molar-refractivity contribution is 6.30. The van der Waals surface area contributed by atoms with Crippen molar-refractivity contribution in [2.24, 2.45) is 0 Å². The summed E-state index contributed by atoms with van der Waals surface area (Å²) in [6.45, 7) is 0. The van der Waals surface area contributed by atoms with Crippen LogP contribution >= 0.6 is 0 Å². The van der Waals surface area contributed by atoms with Crippen molar-refractivity contribution in [3.8, 4) is 22.5 Å². The fraction of sp³-hybridized carbons (Fsp3) is 0. The van der Waals surface area contributed by atoms with E-state index >= 15 is 0 Å². The standard InChI is InChI=1S/C52H28N2O2/c1-5-13-41-33(9-1)34-10-2-6-14-42(34)53(41)31-19-17-29-25-47-49-37(39(29)27-31)21-23-45-51(49)52-46(55-47)24-22-38-40-28-32(20-18-30(40)26-48(56-45)50(38)52)54-43-15-7-3-11-35(43)36-12-4-8-16-44(36)54/h1-28H. The Kier molecular flexibility index (Phi) is 5.23. The molecule has 2 aliphatic rings. The number of nitrogens with zero attached hydrogens (tertiary/aromatic N) is 2. The zero-order valence-electron chi connectivity index (χ0n) is 29.9. The Morgan fingerprint density at radius 1 is 0.286 bits per heavy atom. The molecule has 0 spiro atoms. The van der Waals surface area contributed by atoms with E-state index in [2.05, 4.69) is 179 Å². The topological polar surface area (TPSA) is 36.1 Å². The molecule has 0 saturated carbocycles. The summed E-state index contributed by atoms with van der Waals surface area (Å²) < 4.78 is 18.6. The first-order valence-electron chi connectivity index (χ1n) is 19.2. The van der Waals surface area contributed by atoms with Crippen LogP contribution in [0.3, 0.4) is 0 Å². The van der Waals surface area contributed by atoms with Crippen molar-refractivity contribution < 1.29 is 8.83 Å². The van der Waals surface area contributed by atoms with Gasteiger partial charge in [-0.15, -0.1) is 0 Å². The largest absolute Gasteiger partial charge is 0.456 e. The molecule has 4 heterocycles. The van der Waals surface area contributed by atoms with Crippen molar-refractivity contribution in [2.75, 3.05) is 0 Å². The van der Waals surface area contributed by atoms with Crippen LogP contribution in [0.1, 0.15) is 0 Å². The van der Waals surface area contributed by atoms with Crippen molar-refractivity contribution in [3.63, 3.8) is 0 Å². The van der Waals surface area contributed by atoms with Gasteiger partial charge in [-0.2, -0.15) is 0 Å². The lowest BCUT2D eigenvalue weighted by atomic mass is 9.87. The summed E-state index contributed by atoms with van der Waals surface area (Å²) in [5.74, 6) is 0. The van der Waals surface area contributed by atoms with Crippen LogP contribution in [0.15, 0.2) is 179 Å². The van der Waals surface area contributed by atoms with Crippen LogP contribution in [0.5, 0.6) is 0 Å². The highest BCUT2D eigenvalue weighted by Crippen LogP contribution is 2.51. The predicted octanol–water partition coefficient (Wildman–Crippen LogP) is 14.5. The van der Waals surface area contributed by atoms with Gasteiger partial charge in [0.2, 0.25) is 0 Å². The molecule has 0 radical (unpaired) electrons. The molecule has 12 aromatic rings. The number of hydrogen-bond acceptors (Lipinski definition) is 2. The van der Waals surface area contributed by atoms with Gasteiger partial charge in [-0.25, -0.2) is 0 Å². The van der Waals surface area contributed by atoms with Crippen molar-refractivity contribution >= 4 is 109 Å². The third-order valence-corrected chi connectivity index (χ3v) is 12.4. The minimum absolute atomic E-state index is 0.863. The molecule has 0 N–H and O–H groups in total. The van der Waals surface area contributed by atoms with Crippen LogP contribution in [-0.2, 0) is 0 Å². The molecule has 4 nitrogen and oxygen atoms in total. The minimum atomic E-state index is 0.863. The Morgan fingerprint density at radius 2 is 0.661 bits per heavy atom. The molecule has 56 heavy (non-hydrogen) atoms. The summed E-state index contributed by atoms with van der Waals surface area (Å²) in [4.78, 5) is 0. The van der Waals surface area contributed by atoms with Gasteiger partial charge in [-0.05, 0) is 117 Å². The van der Waals surface area contributed by atoms with Crippen molar-refractivity contribution in [1.82, 2.24) is 9.13 Å². The van der Waals surface area contributed by atoms with Gasteiger partial charge in [-0.3, -0.25) is 0 Å². The lowest BCUT2D eigenvalue weighted by Crippen LogP contribution is -1.97. The fourth-order valence-electron chi connectivity index (χ4n) is 10.1. The van der Waals surface area contributed by atoms with E-state index in [9.17, 15) is 0 Å². The number of aromatic nitrogens is 2. The lowest BCUT2D eigenvalue weighted by Gasteiger charge is -2.21. The number of rotatable bonds is 2.